The summed E-state index contributed by atoms with van der Waals surface area (Å²) in [6, 6.07) is 65.9. The molecule has 55 heavy (non-hydrogen) atoms. The highest BCUT2D eigenvalue weighted by Gasteiger charge is 2.21. The maximum absolute atomic E-state index is 10.4. The van der Waals surface area contributed by atoms with Gasteiger partial charge in [-0.1, -0.05) is 103 Å². The van der Waals surface area contributed by atoms with Crippen molar-refractivity contribution in [3.05, 3.63) is 187 Å². The van der Waals surface area contributed by atoms with E-state index in [9.17, 15) is 10.5 Å². The molecule has 8 aromatic carbocycles. The minimum Gasteiger partial charge on any atom is -0.309 e. The fraction of sp³-hybridized carbons (Fsp3) is 0. The van der Waals surface area contributed by atoms with Crippen molar-refractivity contribution in [3.63, 3.8) is 0 Å². The first-order valence-corrected chi connectivity index (χ1v) is 18.3. The lowest BCUT2D eigenvalue weighted by Gasteiger charge is -2.16. The van der Waals surface area contributed by atoms with E-state index in [1.807, 2.05) is 30.3 Å². The number of hydrogen-bond donors (Lipinski definition) is 0. The number of aromatic nitrogens is 3. The fourth-order valence-corrected chi connectivity index (χ4v) is 8.82. The van der Waals surface area contributed by atoms with E-state index >= 15 is 0 Å². The molecule has 0 bridgehead atoms. The second-order valence-electron chi connectivity index (χ2n) is 13.9. The molecule has 3 heterocycles. The number of nitriles is 2. The second kappa shape index (κ2) is 11.8. The largest absolute Gasteiger partial charge is 0.309 e. The third-order valence-corrected chi connectivity index (χ3v) is 11.1. The summed E-state index contributed by atoms with van der Waals surface area (Å²) in [5.74, 6) is 0. The molecule has 0 saturated heterocycles. The molecular weight excluding hydrogens is 671 g/mol. The van der Waals surface area contributed by atoms with Gasteiger partial charge >= 0.3 is 0 Å². The standard InChI is InChI=1S/C50H29N5/c51-30-33-25-28-36(29-42(33)32-23-26-35(27-24-32)53-46-20-8-4-15-41(46)49-34(31-52)11-9-21-47(49)53)54-43-17-5-3-14-39(43)40-16-10-22-48(50(40)54)55-44-18-6-1-12-37(44)38-13-2-7-19-45(38)55/h1-29H. The van der Waals surface area contributed by atoms with Crippen LogP contribution in [-0.4, -0.2) is 13.7 Å². The van der Waals surface area contributed by atoms with Crippen LogP contribution < -0.4 is 0 Å². The third-order valence-electron chi connectivity index (χ3n) is 11.1. The van der Waals surface area contributed by atoms with Gasteiger partial charge in [0.2, 0.25) is 0 Å². The van der Waals surface area contributed by atoms with Crippen LogP contribution in [0, 0.1) is 22.7 Å². The third kappa shape index (κ3) is 4.39. The van der Waals surface area contributed by atoms with Crippen LogP contribution in [0.4, 0.5) is 0 Å². The number of rotatable bonds is 4. The summed E-state index contributed by atoms with van der Waals surface area (Å²) in [6.07, 6.45) is 0. The van der Waals surface area contributed by atoms with Gasteiger partial charge in [-0.2, -0.15) is 10.5 Å². The molecule has 5 heteroatoms. The molecule has 0 spiro atoms. The Bertz CT molecular complexity index is 3400. The lowest BCUT2D eigenvalue weighted by atomic mass is 9.99. The van der Waals surface area contributed by atoms with Crippen LogP contribution in [0.5, 0.6) is 0 Å². The Hall–Kier alpha value is -7.86. The Morgan fingerprint density at radius 1 is 0.364 bits per heavy atom. The lowest BCUT2D eigenvalue weighted by molar-refractivity contribution is 1.13. The molecule has 0 N–H and O–H groups in total. The molecular formula is C50H29N5. The van der Waals surface area contributed by atoms with Gasteiger partial charge in [0.25, 0.3) is 0 Å². The highest BCUT2D eigenvalue weighted by molar-refractivity contribution is 6.15. The normalized spacial score (nSPS) is 11.6. The van der Waals surface area contributed by atoms with Crippen LogP contribution in [-0.2, 0) is 0 Å². The van der Waals surface area contributed by atoms with E-state index in [2.05, 4.69) is 171 Å². The van der Waals surface area contributed by atoms with Gasteiger partial charge in [0.1, 0.15) is 0 Å². The Morgan fingerprint density at radius 2 is 0.873 bits per heavy atom. The van der Waals surface area contributed by atoms with Crippen molar-refractivity contribution in [1.29, 1.82) is 10.5 Å². The monoisotopic (exact) mass is 699 g/mol. The molecule has 0 aliphatic rings. The predicted molar refractivity (Wildman–Crippen MR) is 224 cm³/mol. The molecule has 0 atom stereocenters. The summed E-state index contributed by atoms with van der Waals surface area (Å²) in [6.45, 7) is 0. The summed E-state index contributed by atoms with van der Waals surface area (Å²) in [5.41, 5.74) is 12.7. The Labute approximate surface area is 316 Å². The first-order valence-electron chi connectivity index (χ1n) is 18.3. The Balaban J connectivity index is 1.13. The van der Waals surface area contributed by atoms with Gasteiger partial charge in [-0.25, -0.2) is 0 Å². The highest BCUT2D eigenvalue weighted by atomic mass is 15.1. The fourth-order valence-electron chi connectivity index (χ4n) is 8.82. The first-order chi connectivity index (χ1) is 27.2. The summed E-state index contributed by atoms with van der Waals surface area (Å²) in [4.78, 5) is 0. The zero-order valence-electron chi connectivity index (χ0n) is 29.5. The van der Waals surface area contributed by atoms with Gasteiger partial charge in [-0.15, -0.1) is 0 Å². The van der Waals surface area contributed by atoms with Crippen molar-refractivity contribution in [3.8, 4) is 40.3 Å². The van der Waals surface area contributed by atoms with Crippen LogP contribution >= 0.6 is 0 Å². The van der Waals surface area contributed by atoms with E-state index < -0.39 is 0 Å². The van der Waals surface area contributed by atoms with Gasteiger partial charge in [-0.3, -0.25) is 0 Å². The van der Waals surface area contributed by atoms with Crippen molar-refractivity contribution < 1.29 is 0 Å². The predicted octanol–water partition coefficient (Wildman–Crippen LogP) is 12.4. The number of hydrogen-bond acceptors (Lipinski definition) is 2. The van der Waals surface area contributed by atoms with Gasteiger partial charge in [0.05, 0.1) is 62.1 Å². The Kier molecular flexibility index (Phi) is 6.61. The van der Waals surface area contributed by atoms with Crippen LogP contribution in [0.2, 0.25) is 0 Å². The van der Waals surface area contributed by atoms with E-state index in [1.54, 1.807) is 0 Å². The summed E-state index contributed by atoms with van der Waals surface area (Å²) in [5, 5.41) is 27.1. The molecule has 0 amide bonds. The average molecular weight is 700 g/mol. The molecule has 11 aromatic rings. The second-order valence-corrected chi connectivity index (χ2v) is 13.9. The topological polar surface area (TPSA) is 62.4 Å². The highest BCUT2D eigenvalue weighted by Crippen LogP contribution is 2.41. The van der Waals surface area contributed by atoms with E-state index in [-0.39, 0.29) is 0 Å². The molecule has 0 aliphatic carbocycles. The Morgan fingerprint density at radius 3 is 1.53 bits per heavy atom. The van der Waals surface area contributed by atoms with Gasteiger partial charge in [0, 0.05) is 49.3 Å². The molecule has 0 unspecified atom stereocenters. The van der Waals surface area contributed by atoms with E-state index in [4.69, 9.17) is 0 Å². The summed E-state index contributed by atoms with van der Waals surface area (Å²) < 4.78 is 6.96. The molecule has 11 rings (SSSR count). The molecule has 0 saturated carbocycles. The minimum atomic E-state index is 0.607. The minimum absolute atomic E-state index is 0.607. The number of nitrogens with zero attached hydrogens (tertiary/aromatic N) is 5. The van der Waals surface area contributed by atoms with Crippen LogP contribution in [0.15, 0.2) is 176 Å². The van der Waals surface area contributed by atoms with E-state index in [0.717, 1.165) is 77.4 Å². The zero-order chi connectivity index (χ0) is 36.6. The lowest BCUT2D eigenvalue weighted by Crippen LogP contribution is -2.01. The maximum Gasteiger partial charge on any atom is 0.0998 e. The zero-order valence-corrected chi connectivity index (χ0v) is 29.5. The molecule has 254 valence electrons. The van der Waals surface area contributed by atoms with Crippen molar-refractivity contribution in [1.82, 2.24) is 13.7 Å². The average Bonchev–Trinajstić information content (AvgIpc) is 3.90. The van der Waals surface area contributed by atoms with Crippen molar-refractivity contribution >= 4 is 65.4 Å². The molecule has 0 fully saturated rings. The summed E-state index contributed by atoms with van der Waals surface area (Å²) in [7, 11) is 0. The van der Waals surface area contributed by atoms with Crippen LogP contribution in [0.25, 0.3) is 93.6 Å². The van der Waals surface area contributed by atoms with Gasteiger partial charge in [0.15, 0.2) is 0 Å². The van der Waals surface area contributed by atoms with Crippen molar-refractivity contribution in [2.24, 2.45) is 0 Å². The van der Waals surface area contributed by atoms with E-state index in [1.165, 1.54) is 16.2 Å². The number of fused-ring (bicyclic) bond motifs is 9. The number of benzene rings is 8. The molecule has 5 nitrogen and oxygen atoms in total. The molecule has 0 aliphatic heterocycles. The first kappa shape index (κ1) is 30.7. The molecule has 3 aromatic heterocycles. The molecule has 0 radical (unpaired) electrons. The van der Waals surface area contributed by atoms with Crippen molar-refractivity contribution in [2.75, 3.05) is 0 Å². The van der Waals surface area contributed by atoms with Gasteiger partial charge < -0.3 is 13.7 Å². The number of para-hydroxylation sites is 5. The summed E-state index contributed by atoms with van der Waals surface area (Å²) >= 11 is 0. The van der Waals surface area contributed by atoms with E-state index in [0.29, 0.717) is 11.1 Å². The smallest absolute Gasteiger partial charge is 0.0998 e. The van der Waals surface area contributed by atoms with Gasteiger partial charge in [-0.05, 0) is 78.4 Å². The van der Waals surface area contributed by atoms with Crippen LogP contribution in [0.1, 0.15) is 11.1 Å². The van der Waals surface area contributed by atoms with Crippen molar-refractivity contribution in [2.45, 2.75) is 0 Å². The maximum atomic E-state index is 10.4. The quantitative estimate of drug-likeness (QED) is 0.184. The SMILES string of the molecule is N#Cc1ccc(-n2c3ccccc3c3cccc(-n4c5ccccc5c5ccccc54)c32)cc1-c1ccc(-n2c3ccccc3c3c(C#N)cccc32)cc1. The van der Waals surface area contributed by atoms with Crippen LogP contribution in [0.3, 0.4) is 0 Å².